The molecule has 2 rings (SSSR count). The van der Waals surface area contributed by atoms with Crippen LogP contribution in [0.3, 0.4) is 0 Å². The summed E-state index contributed by atoms with van der Waals surface area (Å²) < 4.78 is 10.0. The van der Waals surface area contributed by atoms with Gasteiger partial charge in [-0.25, -0.2) is 4.79 Å². The molecular weight excluding hydrogens is 424 g/mol. The lowest BCUT2D eigenvalue weighted by atomic mass is 10.1. The molecule has 8 heteroatoms. The highest BCUT2D eigenvalue weighted by atomic mass is 16.5. The molecule has 0 unspecified atom stereocenters. The Balaban J connectivity index is 1.66. The first-order valence-electron chi connectivity index (χ1n) is 11.0. The van der Waals surface area contributed by atoms with E-state index in [1.165, 1.54) is 0 Å². The average Bonchev–Trinajstić information content (AvgIpc) is 2.82. The maximum Gasteiger partial charge on any atom is 0.338 e. The zero-order valence-corrected chi connectivity index (χ0v) is 19.0. The van der Waals surface area contributed by atoms with E-state index in [0.29, 0.717) is 24.3 Å². The standard InChI is InChI=1S/C25H30N2O6/c1-3-16-32-25(31)19-12-14-20(15-13-19)26-23(29)17-33-24(30)11-7-10-22(28)27-21-9-6-5-8-18(21)4-2/h5-6,8-9,12-15H,3-4,7,10-11,16-17H2,1-2H3,(H,26,29)(H,27,28). The van der Waals surface area contributed by atoms with E-state index < -0.39 is 24.5 Å². The topological polar surface area (TPSA) is 111 Å². The van der Waals surface area contributed by atoms with Gasteiger partial charge in [0.05, 0.1) is 12.2 Å². The molecule has 2 amide bonds. The van der Waals surface area contributed by atoms with Crippen molar-refractivity contribution in [2.45, 2.75) is 46.0 Å². The van der Waals surface area contributed by atoms with Crippen LogP contribution in [0.4, 0.5) is 11.4 Å². The van der Waals surface area contributed by atoms with Crippen molar-refractivity contribution in [3.63, 3.8) is 0 Å². The average molecular weight is 455 g/mol. The number of nitrogens with one attached hydrogen (secondary N) is 2. The Labute approximate surface area is 193 Å². The summed E-state index contributed by atoms with van der Waals surface area (Å²) >= 11 is 0. The molecule has 0 radical (unpaired) electrons. The number of para-hydroxylation sites is 1. The van der Waals surface area contributed by atoms with E-state index in [-0.39, 0.29) is 18.7 Å². The van der Waals surface area contributed by atoms with Gasteiger partial charge in [0.1, 0.15) is 0 Å². The SMILES string of the molecule is CCCOC(=O)c1ccc(NC(=O)COC(=O)CCCC(=O)Nc2ccccc2CC)cc1. The van der Waals surface area contributed by atoms with E-state index in [2.05, 4.69) is 10.6 Å². The maximum absolute atomic E-state index is 12.1. The number of carbonyl (C=O) groups excluding carboxylic acids is 4. The fourth-order valence-electron chi connectivity index (χ4n) is 2.94. The van der Waals surface area contributed by atoms with Gasteiger partial charge in [-0.3, -0.25) is 14.4 Å². The number of esters is 2. The van der Waals surface area contributed by atoms with Crippen LogP contribution < -0.4 is 10.6 Å². The van der Waals surface area contributed by atoms with Crippen LogP contribution in [0.1, 0.15) is 55.5 Å². The number of rotatable bonds is 12. The maximum atomic E-state index is 12.1. The van der Waals surface area contributed by atoms with E-state index >= 15 is 0 Å². The van der Waals surface area contributed by atoms with Gasteiger partial charge in [-0.05, 0) is 55.2 Å². The molecule has 0 spiro atoms. The Hall–Kier alpha value is -3.68. The van der Waals surface area contributed by atoms with E-state index in [9.17, 15) is 19.2 Å². The number of aryl methyl sites for hydroxylation is 1. The molecular formula is C25H30N2O6. The van der Waals surface area contributed by atoms with E-state index in [1.807, 2.05) is 38.1 Å². The minimum Gasteiger partial charge on any atom is -0.462 e. The highest BCUT2D eigenvalue weighted by molar-refractivity contribution is 5.94. The van der Waals surface area contributed by atoms with Crippen LogP contribution in [0.15, 0.2) is 48.5 Å². The fraction of sp³-hybridized carbons (Fsp3) is 0.360. The van der Waals surface area contributed by atoms with E-state index in [0.717, 1.165) is 24.1 Å². The van der Waals surface area contributed by atoms with E-state index in [4.69, 9.17) is 9.47 Å². The third-order valence-corrected chi connectivity index (χ3v) is 4.66. The number of ether oxygens (including phenoxy) is 2. The number of benzene rings is 2. The van der Waals surface area contributed by atoms with Crippen LogP contribution in [0.2, 0.25) is 0 Å². The largest absolute Gasteiger partial charge is 0.462 e. The quantitative estimate of drug-likeness (QED) is 0.467. The zero-order chi connectivity index (χ0) is 24.1. The van der Waals surface area contributed by atoms with Crippen LogP contribution in [0, 0.1) is 0 Å². The van der Waals surface area contributed by atoms with Crippen LogP contribution in [-0.2, 0) is 30.3 Å². The Morgan fingerprint density at radius 1 is 0.818 bits per heavy atom. The van der Waals surface area contributed by atoms with E-state index in [1.54, 1.807) is 24.3 Å². The normalized spacial score (nSPS) is 10.2. The number of amides is 2. The van der Waals surface area contributed by atoms with Gasteiger partial charge < -0.3 is 20.1 Å². The Bertz CT molecular complexity index is 956. The predicted molar refractivity (Wildman–Crippen MR) is 125 cm³/mol. The molecule has 2 N–H and O–H groups in total. The smallest absolute Gasteiger partial charge is 0.338 e. The molecule has 176 valence electrons. The number of anilines is 2. The van der Waals surface area contributed by atoms with Crippen molar-refractivity contribution in [2.75, 3.05) is 23.8 Å². The lowest BCUT2D eigenvalue weighted by Crippen LogP contribution is -2.21. The first-order valence-corrected chi connectivity index (χ1v) is 11.0. The van der Waals surface area contributed by atoms with Crippen molar-refractivity contribution in [3.8, 4) is 0 Å². The highest BCUT2D eigenvalue weighted by Gasteiger charge is 2.11. The molecule has 0 aliphatic rings. The molecule has 0 aliphatic heterocycles. The Morgan fingerprint density at radius 2 is 1.55 bits per heavy atom. The summed E-state index contributed by atoms with van der Waals surface area (Å²) in [5.74, 6) is -1.66. The molecule has 0 saturated carbocycles. The summed E-state index contributed by atoms with van der Waals surface area (Å²) in [5.41, 5.74) is 2.67. The van der Waals surface area contributed by atoms with Gasteiger partial charge in [0, 0.05) is 24.2 Å². The molecule has 0 saturated heterocycles. The number of hydrogen-bond acceptors (Lipinski definition) is 6. The van der Waals surface area contributed by atoms with Crippen LogP contribution in [-0.4, -0.2) is 37.0 Å². The number of hydrogen-bond donors (Lipinski definition) is 2. The van der Waals surface area contributed by atoms with Gasteiger partial charge in [0.2, 0.25) is 5.91 Å². The summed E-state index contributed by atoms with van der Waals surface area (Å²) in [7, 11) is 0. The molecule has 8 nitrogen and oxygen atoms in total. The van der Waals surface area contributed by atoms with Crippen molar-refractivity contribution in [1.82, 2.24) is 0 Å². The van der Waals surface area contributed by atoms with Crippen LogP contribution in [0.5, 0.6) is 0 Å². The summed E-state index contributed by atoms with van der Waals surface area (Å²) in [5, 5.41) is 5.44. The molecule has 0 aromatic heterocycles. The monoisotopic (exact) mass is 454 g/mol. The Kier molecular flexibility index (Phi) is 10.6. The summed E-state index contributed by atoms with van der Waals surface area (Å²) in [6.45, 7) is 3.83. The van der Waals surface area contributed by atoms with Crippen LogP contribution in [0.25, 0.3) is 0 Å². The van der Waals surface area contributed by atoms with Crippen molar-refractivity contribution in [2.24, 2.45) is 0 Å². The second-order valence-electron chi connectivity index (χ2n) is 7.33. The summed E-state index contributed by atoms with van der Waals surface area (Å²) in [4.78, 5) is 47.7. The molecule has 0 heterocycles. The lowest BCUT2D eigenvalue weighted by molar-refractivity contribution is -0.147. The lowest BCUT2D eigenvalue weighted by Gasteiger charge is -2.10. The molecule has 0 fully saturated rings. The third kappa shape index (κ3) is 9.14. The fourth-order valence-corrected chi connectivity index (χ4v) is 2.94. The first kappa shape index (κ1) is 25.6. The van der Waals surface area contributed by atoms with Gasteiger partial charge in [-0.1, -0.05) is 32.0 Å². The molecule has 2 aromatic carbocycles. The van der Waals surface area contributed by atoms with Crippen molar-refractivity contribution in [1.29, 1.82) is 0 Å². The number of carbonyl (C=O) groups is 4. The van der Waals surface area contributed by atoms with Crippen molar-refractivity contribution >= 4 is 35.1 Å². The molecule has 2 aromatic rings. The van der Waals surface area contributed by atoms with Gasteiger partial charge in [-0.15, -0.1) is 0 Å². The van der Waals surface area contributed by atoms with Gasteiger partial charge >= 0.3 is 11.9 Å². The second-order valence-corrected chi connectivity index (χ2v) is 7.33. The Morgan fingerprint density at radius 3 is 2.24 bits per heavy atom. The zero-order valence-electron chi connectivity index (χ0n) is 19.0. The molecule has 0 aliphatic carbocycles. The third-order valence-electron chi connectivity index (χ3n) is 4.66. The van der Waals surface area contributed by atoms with Gasteiger partial charge in [0.25, 0.3) is 5.91 Å². The molecule has 0 atom stereocenters. The minimum atomic E-state index is -0.555. The summed E-state index contributed by atoms with van der Waals surface area (Å²) in [6.07, 6.45) is 2.06. The van der Waals surface area contributed by atoms with Crippen molar-refractivity contribution < 1.29 is 28.7 Å². The second kappa shape index (κ2) is 13.7. The van der Waals surface area contributed by atoms with Crippen molar-refractivity contribution in [3.05, 3.63) is 59.7 Å². The molecule has 0 bridgehead atoms. The van der Waals surface area contributed by atoms with Gasteiger partial charge in [-0.2, -0.15) is 0 Å². The van der Waals surface area contributed by atoms with Crippen LogP contribution >= 0.6 is 0 Å². The highest BCUT2D eigenvalue weighted by Crippen LogP contribution is 2.16. The summed E-state index contributed by atoms with van der Waals surface area (Å²) in [6, 6.07) is 13.8. The predicted octanol–water partition coefficient (Wildman–Crippen LogP) is 4.11. The van der Waals surface area contributed by atoms with Gasteiger partial charge in [0.15, 0.2) is 6.61 Å². The first-order chi connectivity index (χ1) is 15.9. The molecule has 33 heavy (non-hydrogen) atoms. The minimum absolute atomic E-state index is 0.0324.